The number of carbonyl (C=O) groups is 1. The van der Waals surface area contributed by atoms with E-state index in [-0.39, 0.29) is 23.3 Å². The van der Waals surface area contributed by atoms with Gasteiger partial charge < -0.3 is 10.1 Å². The summed E-state index contributed by atoms with van der Waals surface area (Å²) in [5, 5.41) is 2.99. The molecule has 0 bridgehead atoms. The molecule has 8 heteroatoms. The number of carbonyl (C=O) groups excluding carboxylic acids is 1. The average molecular weight is 458 g/mol. The molecule has 2 aromatic rings. The molecule has 2 aliphatic rings. The van der Waals surface area contributed by atoms with Crippen LogP contribution in [0.2, 0.25) is 0 Å². The van der Waals surface area contributed by atoms with E-state index in [0.29, 0.717) is 25.9 Å². The molecule has 1 unspecified atom stereocenters. The summed E-state index contributed by atoms with van der Waals surface area (Å²) < 4.78 is 33.2. The molecule has 1 N–H and O–H groups in total. The Hall–Kier alpha value is -2.26. The Morgan fingerprint density at radius 2 is 1.66 bits per heavy atom. The van der Waals surface area contributed by atoms with Gasteiger partial charge in [-0.2, -0.15) is 4.31 Å². The van der Waals surface area contributed by atoms with Gasteiger partial charge in [0.1, 0.15) is 0 Å². The molecular weight excluding hydrogens is 426 g/mol. The van der Waals surface area contributed by atoms with Crippen molar-refractivity contribution in [2.24, 2.45) is 5.92 Å². The highest BCUT2D eigenvalue weighted by Crippen LogP contribution is 2.26. The molecule has 1 amide bonds. The molecule has 172 valence electrons. The second kappa shape index (κ2) is 10.6. The van der Waals surface area contributed by atoms with Crippen molar-refractivity contribution in [3.05, 3.63) is 54.6 Å². The first-order chi connectivity index (χ1) is 15.5. The van der Waals surface area contributed by atoms with Crippen LogP contribution in [0.3, 0.4) is 0 Å². The highest BCUT2D eigenvalue weighted by Gasteiger charge is 2.33. The zero-order chi connectivity index (χ0) is 22.4. The first-order valence-corrected chi connectivity index (χ1v) is 12.7. The third-order valence-corrected chi connectivity index (χ3v) is 8.06. The molecule has 0 saturated carbocycles. The molecule has 2 aromatic carbocycles. The third-order valence-electron chi connectivity index (χ3n) is 6.19. The van der Waals surface area contributed by atoms with Crippen LogP contribution in [0.25, 0.3) is 11.1 Å². The monoisotopic (exact) mass is 457 g/mol. The number of nitrogens with zero attached hydrogens (tertiary/aromatic N) is 2. The summed E-state index contributed by atoms with van der Waals surface area (Å²) in [7, 11) is -3.63. The second-order valence-corrected chi connectivity index (χ2v) is 10.3. The van der Waals surface area contributed by atoms with E-state index in [4.69, 9.17) is 4.74 Å². The van der Waals surface area contributed by atoms with Crippen LogP contribution in [0.1, 0.15) is 12.8 Å². The van der Waals surface area contributed by atoms with E-state index in [0.717, 1.165) is 44.0 Å². The molecule has 4 rings (SSSR count). The summed E-state index contributed by atoms with van der Waals surface area (Å²) in [6.07, 6.45) is 1.39. The number of nitrogens with one attached hydrogen (secondary N) is 1. The van der Waals surface area contributed by atoms with Crippen LogP contribution < -0.4 is 5.32 Å². The molecule has 2 aliphatic heterocycles. The van der Waals surface area contributed by atoms with E-state index >= 15 is 0 Å². The van der Waals surface area contributed by atoms with E-state index in [1.165, 1.54) is 4.31 Å². The van der Waals surface area contributed by atoms with Crippen LogP contribution in [-0.4, -0.2) is 76.0 Å². The van der Waals surface area contributed by atoms with E-state index in [9.17, 15) is 13.2 Å². The van der Waals surface area contributed by atoms with E-state index in [1.807, 2.05) is 42.5 Å². The zero-order valence-corrected chi connectivity index (χ0v) is 19.1. The van der Waals surface area contributed by atoms with Crippen molar-refractivity contribution < 1.29 is 17.9 Å². The van der Waals surface area contributed by atoms with Crippen LogP contribution >= 0.6 is 0 Å². The molecule has 32 heavy (non-hydrogen) atoms. The van der Waals surface area contributed by atoms with Gasteiger partial charge in [0, 0.05) is 39.3 Å². The lowest BCUT2D eigenvalue weighted by Crippen LogP contribution is -2.47. The van der Waals surface area contributed by atoms with Gasteiger partial charge in [0.2, 0.25) is 15.9 Å². The normalized spacial score (nSPS) is 20.7. The lowest BCUT2D eigenvalue weighted by Gasteiger charge is -2.31. The maximum Gasteiger partial charge on any atom is 0.243 e. The standard InChI is InChI=1S/C24H31N3O4S/c28-24(25-12-14-26-15-17-31-18-16-26)22-7-4-13-27(19-22)32(29,30)23-10-8-21(9-11-23)20-5-2-1-3-6-20/h1-3,5-6,8-11,22H,4,7,12-19H2,(H,25,28). The van der Waals surface area contributed by atoms with Crippen molar-refractivity contribution in [1.82, 2.24) is 14.5 Å². The number of ether oxygens (including phenoxy) is 1. The van der Waals surface area contributed by atoms with Crippen LogP contribution in [0.5, 0.6) is 0 Å². The number of benzene rings is 2. The van der Waals surface area contributed by atoms with Gasteiger partial charge in [-0.25, -0.2) is 8.42 Å². The SMILES string of the molecule is O=C(NCCN1CCOCC1)C1CCCN(S(=O)(=O)c2ccc(-c3ccccc3)cc2)C1. The summed E-state index contributed by atoms with van der Waals surface area (Å²) in [5.41, 5.74) is 2.02. The van der Waals surface area contributed by atoms with Gasteiger partial charge in [0.05, 0.1) is 24.0 Å². The third kappa shape index (κ3) is 5.56. The minimum Gasteiger partial charge on any atom is -0.379 e. The largest absolute Gasteiger partial charge is 0.379 e. The average Bonchev–Trinajstić information content (AvgIpc) is 2.85. The van der Waals surface area contributed by atoms with Crippen molar-refractivity contribution >= 4 is 15.9 Å². The molecule has 1 atom stereocenters. The Morgan fingerprint density at radius 1 is 0.969 bits per heavy atom. The number of piperidine rings is 1. The molecule has 0 radical (unpaired) electrons. The molecule has 2 fully saturated rings. The van der Waals surface area contributed by atoms with Gasteiger partial charge in [-0.05, 0) is 36.1 Å². The lowest BCUT2D eigenvalue weighted by molar-refractivity contribution is -0.126. The Morgan fingerprint density at radius 3 is 2.38 bits per heavy atom. The Labute approximate surface area is 190 Å². The molecule has 2 saturated heterocycles. The number of rotatable bonds is 7. The highest BCUT2D eigenvalue weighted by atomic mass is 32.2. The van der Waals surface area contributed by atoms with Gasteiger partial charge in [0.25, 0.3) is 0 Å². The van der Waals surface area contributed by atoms with Crippen LogP contribution in [-0.2, 0) is 19.6 Å². The number of sulfonamides is 1. The summed E-state index contributed by atoms with van der Waals surface area (Å²) in [4.78, 5) is 15.2. The maximum absolute atomic E-state index is 13.2. The summed E-state index contributed by atoms with van der Waals surface area (Å²) in [5.74, 6) is -0.371. The fourth-order valence-electron chi connectivity index (χ4n) is 4.28. The fourth-order valence-corrected chi connectivity index (χ4v) is 5.80. The first-order valence-electron chi connectivity index (χ1n) is 11.3. The summed E-state index contributed by atoms with van der Waals surface area (Å²) in [6, 6.07) is 16.8. The van der Waals surface area contributed by atoms with E-state index in [1.54, 1.807) is 12.1 Å². The summed E-state index contributed by atoms with van der Waals surface area (Å²) >= 11 is 0. The fraction of sp³-hybridized carbons (Fsp3) is 0.458. The first kappa shape index (κ1) is 22.9. The second-order valence-electron chi connectivity index (χ2n) is 8.34. The van der Waals surface area contributed by atoms with Crippen molar-refractivity contribution in [2.75, 3.05) is 52.5 Å². The van der Waals surface area contributed by atoms with Crippen molar-refractivity contribution in [2.45, 2.75) is 17.7 Å². The van der Waals surface area contributed by atoms with E-state index in [2.05, 4.69) is 10.2 Å². The topological polar surface area (TPSA) is 79.0 Å². The van der Waals surface area contributed by atoms with Gasteiger partial charge >= 0.3 is 0 Å². The molecule has 0 aliphatic carbocycles. The lowest BCUT2D eigenvalue weighted by atomic mass is 9.99. The molecule has 2 heterocycles. The number of amides is 1. The quantitative estimate of drug-likeness (QED) is 0.690. The molecule has 0 aromatic heterocycles. The van der Waals surface area contributed by atoms with Crippen molar-refractivity contribution in [1.29, 1.82) is 0 Å². The zero-order valence-electron chi connectivity index (χ0n) is 18.3. The van der Waals surface area contributed by atoms with Crippen molar-refractivity contribution in [3.63, 3.8) is 0 Å². The Balaban J connectivity index is 1.34. The van der Waals surface area contributed by atoms with Gasteiger partial charge in [-0.15, -0.1) is 0 Å². The Kier molecular flexibility index (Phi) is 7.57. The maximum atomic E-state index is 13.2. The minimum absolute atomic E-state index is 0.0578. The number of hydrogen-bond donors (Lipinski definition) is 1. The predicted molar refractivity (Wildman–Crippen MR) is 124 cm³/mol. The van der Waals surface area contributed by atoms with Crippen LogP contribution in [0.4, 0.5) is 0 Å². The number of hydrogen-bond acceptors (Lipinski definition) is 5. The highest BCUT2D eigenvalue weighted by molar-refractivity contribution is 7.89. The van der Waals surface area contributed by atoms with Crippen molar-refractivity contribution in [3.8, 4) is 11.1 Å². The summed E-state index contributed by atoms with van der Waals surface area (Å²) in [6.45, 7) is 5.27. The van der Waals surface area contributed by atoms with Crippen LogP contribution in [0.15, 0.2) is 59.5 Å². The molecule has 7 nitrogen and oxygen atoms in total. The molecule has 0 spiro atoms. The minimum atomic E-state index is -3.63. The smallest absolute Gasteiger partial charge is 0.243 e. The van der Waals surface area contributed by atoms with Gasteiger partial charge in [-0.1, -0.05) is 42.5 Å². The van der Waals surface area contributed by atoms with Crippen LogP contribution in [0, 0.1) is 5.92 Å². The Bertz CT molecular complexity index is 990. The predicted octanol–water partition coefficient (Wildman–Crippen LogP) is 2.20. The van der Waals surface area contributed by atoms with E-state index < -0.39 is 10.0 Å². The van der Waals surface area contributed by atoms with Gasteiger partial charge in [-0.3, -0.25) is 9.69 Å². The number of morpholine rings is 1. The van der Waals surface area contributed by atoms with Gasteiger partial charge in [0.15, 0.2) is 0 Å². The molecular formula is C24H31N3O4S.